The smallest absolute Gasteiger partial charge is 0.346 e. The number of esters is 1. The third-order valence-corrected chi connectivity index (χ3v) is 5.22. The normalized spacial score (nSPS) is 14.9. The van der Waals surface area contributed by atoms with Crippen molar-refractivity contribution in [1.29, 1.82) is 5.26 Å². The van der Waals surface area contributed by atoms with E-state index in [2.05, 4.69) is 13.0 Å². The maximum absolute atomic E-state index is 13.9. The molecule has 0 fully saturated rings. The van der Waals surface area contributed by atoms with Gasteiger partial charge in [-0.05, 0) is 35.7 Å². The van der Waals surface area contributed by atoms with Crippen LogP contribution in [0, 0.1) is 17.1 Å². The fourth-order valence-electron chi connectivity index (χ4n) is 3.58. The number of fused-ring (bicyclic) bond motifs is 1. The van der Waals surface area contributed by atoms with E-state index < -0.39 is 17.7 Å². The van der Waals surface area contributed by atoms with E-state index in [4.69, 9.17) is 15.2 Å². The molecule has 0 aromatic heterocycles. The Labute approximate surface area is 179 Å². The Hall–Kier alpha value is -4.11. The van der Waals surface area contributed by atoms with E-state index in [0.29, 0.717) is 11.3 Å². The first kappa shape index (κ1) is 20.2. The summed E-state index contributed by atoms with van der Waals surface area (Å²) in [6.45, 7) is 2.07. The number of carbonyl (C=O) groups is 1. The molecule has 5 nitrogen and oxygen atoms in total. The number of allylic oxidation sites excluding steroid dienone is 1. The Kier molecular flexibility index (Phi) is 5.42. The summed E-state index contributed by atoms with van der Waals surface area (Å²) in [5.74, 6) is -1.33. The Bertz CT molecular complexity index is 1230. The van der Waals surface area contributed by atoms with E-state index in [1.807, 2.05) is 24.3 Å². The summed E-state index contributed by atoms with van der Waals surface area (Å²) in [4.78, 5) is 12.3. The first-order valence-corrected chi connectivity index (χ1v) is 9.79. The lowest BCUT2D eigenvalue weighted by molar-refractivity contribution is 0.0729. The number of nitrogens with two attached hydrogens (primary N) is 1. The average molecular weight is 414 g/mol. The molecule has 1 unspecified atom stereocenters. The lowest BCUT2D eigenvalue weighted by Gasteiger charge is -2.26. The molecule has 3 aromatic rings. The molecule has 154 valence electrons. The summed E-state index contributed by atoms with van der Waals surface area (Å²) in [5.41, 5.74) is 8.98. The molecular formula is C25H19FN2O3. The van der Waals surface area contributed by atoms with Gasteiger partial charge in [-0.25, -0.2) is 9.18 Å². The Morgan fingerprint density at radius 3 is 2.58 bits per heavy atom. The molecule has 0 radical (unpaired) electrons. The Morgan fingerprint density at radius 2 is 1.90 bits per heavy atom. The molecule has 2 N–H and O–H groups in total. The number of hydrogen-bond donors (Lipinski definition) is 1. The van der Waals surface area contributed by atoms with Gasteiger partial charge in [-0.2, -0.15) is 5.26 Å². The molecule has 0 saturated heterocycles. The third kappa shape index (κ3) is 3.86. The van der Waals surface area contributed by atoms with Crippen LogP contribution in [0.25, 0.3) is 0 Å². The summed E-state index contributed by atoms with van der Waals surface area (Å²) in [7, 11) is 0. The van der Waals surface area contributed by atoms with Crippen LogP contribution in [0.2, 0.25) is 0 Å². The van der Waals surface area contributed by atoms with Crippen LogP contribution in [-0.4, -0.2) is 5.97 Å². The van der Waals surface area contributed by atoms with Gasteiger partial charge >= 0.3 is 5.97 Å². The van der Waals surface area contributed by atoms with Gasteiger partial charge in [-0.3, -0.25) is 0 Å². The summed E-state index contributed by atoms with van der Waals surface area (Å²) in [6, 6.07) is 20.5. The maximum atomic E-state index is 13.9. The molecule has 0 aliphatic carbocycles. The van der Waals surface area contributed by atoms with E-state index in [9.17, 15) is 14.4 Å². The first-order chi connectivity index (χ1) is 15.0. The molecule has 1 heterocycles. The molecule has 0 amide bonds. The number of nitriles is 1. The van der Waals surface area contributed by atoms with Gasteiger partial charge in [0.1, 0.15) is 29.0 Å². The molecule has 31 heavy (non-hydrogen) atoms. The minimum absolute atomic E-state index is 0.00264. The minimum atomic E-state index is -0.818. The number of carbonyl (C=O) groups excluding carboxylic acids is 1. The van der Waals surface area contributed by atoms with Crippen molar-refractivity contribution in [3.63, 3.8) is 0 Å². The van der Waals surface area contributed by atoms with Crippen molar-refractivity contribution < 1.29 is 18.7 Å². The fourth-order valence-corrected chi connectivity index (χ4v) is 3.58. The van der Waals surface area contributed by atoms with Crippen molar-refractivity contribution in [3.8, 4) is 17.6 Å². The van der Waals surface area contributed by atoms with Crippen molar-refractivity contribution >= 4 is 5.97 Å². The van der Waals surface area contributed by atoms with E-state index in [-0.39, 0.29) is 17.2 Å². The van der Waals surface area contributed by atoms with Gasteiger partial charge in [-0.15, -0.1) is 0 Å². The number of nitrogens with zero attached hydrogens (tertiary/aromatic N) is 1. The van der Waals surface area contributed by atoms with E-state index in [1.165, 1.54) is 29.8 Å². The molecule has 3 aromatic carbocycles. The highest BCUT2D eigenvalue weighted by Crippen LogP contribution is 2.43. The summed E-state index contributed by atoms with van der Waals surface area (Å²) < 4.78 is 24.8. The second-order valence-electron chi connectivity index (χ2n) is 7.09. The largest absolute Gasteiger partial charge is 0.440 e. The van der Waals surface area contributed by atoms with Crippen LogP contribution in [0.1, 0.15) is 39.9 Å². The second kappa shape index (κ2) is 8.33. The SMILES string of the molecule is CCc1ccc(C2C(C#N)=C(N)Oc3cc(OC(=O)c4ccccc4F)ccc32)cc1. The van der Waals surface area contributed by atoms with Crippen molar-refractivity contribution in [3.05, 3.63) is 106 Å². The summed E-state index contributed by atoms with van der Waals surface area (Å²) in [5, 5.41) is 9.67. The lowest BCUT2D eigenvalue weighted by Crippen LogP contribution is -2.21. The molecular weight excluding hydrogens is 395 g/mol. The van der Waals surface area contributed by atoms with Crippen molar-refractivity contribution in [2.45, 2.75) is 19.3 Å². The Balaban J connectivity index is 1.69. The molecule has 4 rings (SSSR count). The highest BCUT2D eigenvalue weighted by molar-refractivity contribution is 5.91. The van der Waals surface area contributed by atoms with Gasteiger partial charge in [0.2, 0.25) is 5.88 Å². The number of benzene rings is 3. The van der Waals surface area contributed by atoms with E-state index >= 15 is 0 Å². The van der Waals surface area contributed by atoms with Crippen LogP contribution >= 0.6 is 0 Å². The van der Waals surface area contributed by atoms with Gasteiger partial charge in [-0.1, -0.05) is 49.4 Å². The maximum Gasteiger partial charge on any atom is 0.346 e. The molecule has 1 aliphatic heterocycles. The quantitative estimate of drug-likeness (QED) is 0.488. The van der Waals surface area contributed by atoms with Crippen LogP contribution in [0.5, 0.6) is 11.5 Å². The van der Waals surface area contributed by atoms with Gasteiger partial charge in [0.05, 0.1) is 11.5 Å². The number of halogens is 1. The highest BCUT2D eigenvalue weighted by Gasteiger charge is 2.31. The van der Waals surface area contributed by atoms with E-state index in [0.717, 1.165) is 17.5 Å². The van der Waals surface area contributed by atoms with Gasteiger partial charge < -0.3 is 15.2 Å². The summed E-state index contributed by atoms with van der Waals surface area (Å²) in [6.07, 6.45) is 0.907. The minimum Gasteiger partial charge on any atom is -0.440 e. The molecule has 0 bridgehead atoms. The average Bonchev–Trinajstić information content (AvgIpc) is 2.78. The molecule has 1 atom stereocenters. The van der Waals surface area contributed by atoms with E-state index in [1.54, 1.807) is 18.2 Å². The number of rotatable bonds is 4. The molecule has 0 saturated carbocycles. The number of ether oxygens (including phenoxy) is 2. The van der Waals surface area contributed by atoms with Crippen molar-refractivity contribution in [2.24, 2.45) is 5.73 Å². The van der Waals surface area contributed by atoms with Gasteiger partial charge in [0.25, 0.3) is 0 Å². The van der Waals surface area contributed by atoms with Crippen molar-refractivity contribution in [1.82, 2.24) is 0 Å². The zero-order chi connectivity index (χ0) is 22.0. The van der Waals surface area contributed by atoms with Crippen molar-refractivity contribution in [2.75, 3.05) is 0 Å². The number of hydrogen-bond acceptors (Lipinski definition) is 5. The molecule has 6 heteroatoms. The number of aryl methyl sites for hydroxylation is 1. The van der Waals surface area contributed by atoms with Crippen LogP contribution < -0.4 is 15.2 Å². The van der Waals surface area contributed by atoms with Crippen LogP contribution in [0.15, 0.2) is 78.2 Å². The van der Waals surface area contributed by atoms with Gasteiger partial charge in [0, 0.05) is 11.6 Å². The predicted molar refractivity (Wildman–Crippen MR) is 113 cm³/mol. The predicted octanol–water partition coefficient (Wildman–Crippen LogP) is 4.83. The lowest BCUT2D eigenvalue weighted by atomic mass is 9.83. The fraction of sp³-hybridized carbons (Fsp3) is 0.120. The third-order valence-electron chi connectivity index (χ3n) is 5.22. The van der Waals surface area contributed by atoms with Gasteiger partial charge in [0.15, 0.2) is 0 Å². The Morgan fingerprint density at radius 1 is 1.16 bits per heavy atom. The zero-order valence-electron chi connectivity index (χ0n) is 16.8. The monoisotopic (exact) mass is 414 g/mol. The highest BCUT2D eigenvalue weighted by atomic mass is 19.1. The topological polar surface area (TPSA) is 85.3 Å². The zero-order valence-corrected chi connectivity index (χ0v) is 16.8. The summed E-state index contributed by atoms with van der Waals surface area (Å²) >= 11 is 0. The first-order valence-electron chi connectivity index (χ1n) is 9.79. The molecule has 0 spiro atoms. The van der Waals surface area contributed by atoms with Crippen LogP contribution in [0.4, 0.5) is 4.39 Å². The van der Waals surface area contributed by atoms with Crippen LogP contribution in [-0.2, 0) is 6.42 Å². The molecule has 1 aliphatic rings. The van der Waals surface area contributed by atoms with Crippen LogP contribution in [0.3, 0.4) is 0 Å². The standard InChI is InChI=1S/C25H19FN2O3/c1-2-15-7-9-16(10-8-15)23-19-12-11-17(13-22(19)31-24(28)20(23)14-27)30-25(29)18-5-3-4-6-21(18)26/h3-13,23H,2,28H2,1H3. The second-order valence-corrected chi connectivity index (χ2v) is 7.09.